The minimum atomic E-state index is 0.677. The molecule has 0 aliphatic heterocycles. The first-order chi connectivity index (χ1) is 10.3. The standard InChI is InChI=1S/C18H11N3/c19-10-12-1-3-13(4-2-12)14-5-6-17-15(9-14)16-11-20-8-7-18(16)21-17/h1-9,11,21H. The predicted octanol–water partition coefficient (Wildman–Crippen LogP) is 4.25. The van der Waals surface area contributed by atoms with Gasteiger partial charge in [0.25, 0.3) is 0 Å². The van der Waals surface area contributed by atoms with Gasteiger partial charge in [0, 0.05) is 34.2 Å². The number of aromatic amines is 1. The molecule has 3 nitrogen and oxygen atoms in total. The summed E-state index contributed by atoms with van der Waals surface area (Å²) >= 11 is 0. The van der Waals surface area contributed by atoms with E-state index in [2.05, 4.69) is 34.2 Å². The molecule has 0 spiro atoms. The van der Waals surface area contributed by atoms with Crippen LogP contribution < -0.4 is 0 Å². The fourth-order valence-corrected chi connectivity index (χ4v) is 2.66. The zero-order valence-electron chi connectivity index (χ0n) is 11.2. The highest BCUT2D eigenvalue weighted by molar-refractivity contribution is 6.08. The Balaban J connectivity index is 1.93. The average Bonchev–Trinajstić information content (AvgIpc) is 2.93. The molecule has 0 saturated carbocycles. The maximum Gasteiger partial charge on any atom is 0.0991 e. The monoisotopic (exact) mass is 269 g/mol. The second-order valence-electron chi connectivity index (χ2n) is 5.00. The number of nitrogens with one attached hydrogen (secondary N) is 1. The molecule has 2 heterocycles. The molecule has 1 N–H and O–H groups in total. The van der Waals surface area contributed by atoms with Crippen LogP contribution in [-0.2, 0) is 0 Å². The molecule has 21 heavy (non-hydrogen) atoms. The van der Waals surface area contributed by atoms with Gasteiger partial charge in [-0.2, -0.15) is 5.26 Å². The molecule has 4 rings (SSSR count). The Morgan fingerprint density at radius 1 is 0.857 bits per heavy atom. The van der Waals surface area contributed by atoms with Gasteiger partial charge in [-0.05, 0) is 41.5 Å². The van der Waals surface area contributed by atoms with Gasteiger partial charge in [0.1, 0.15) is 0 Å². The minimum absolute atomic E-state index is 0.677. The third kappa shape index (κ3) is 1.86. The normalized spacial score (nSPS) is 10.8. The van der Waals surface area contributed by atoms with Crippen molar-refractivity contribution in [1.29, 1.82) is 5.26 Å². The van der Waals surface area contributed by atoms with Crippen molar-refractivity contribution in [2.24, 2.45) is 0 Å². The summed E-state index contributed by atoms with van der Waals surface area (Å²) in [5.74, 6) is 0. The SMILES string of the molecule is N#Cc1ccc(-c2ccc3[nH]c4ccncc4c3c2)cc1. The molecule has 0 aliphatic carbocycles. The van der Waals surface area contributed by atoms with Gasteiger partial charge < -0.3 is 4.98 Å². The van der Waals surface area contributed by atoms with E-state index in [-0.39, 0.29) is 0 Å². The van der Waals surface area contributed by atoms with Gasteiger partial charge >= 0.3 is 0 Å². The highest BCUT2D eigenvalue weighted by Gasteiger charge is 2.06. The van der Waals surface area contributed by atoms with Crippen LogP contribution in [0, 0.1) is 11.3 Å². The van der Waals surface area contributed by atoms with Crippen LogP contribution in [0.2, 0.25) is 0 Å². The molecule has 0 unspecified atom stereocenters. The molecule has 0 bridgehead atoms. The number of nitriles is 1. The number of pyridine rings is 1. The Kier molecular flexibility index (Phi) is 2.48. The van der Waals surface area contributed by atoms with Gasteiger partial charge in [0.15, 0.2) is 0 Å². The summed E-state index contributed by atoms with van der Waals surface area (Å²) in [7, 11) is 0. The molecule has 4 aromatic rings. The largest absolute Gasteiger partial charge is 0.354 e. The lowest BCUT2D eigenvalue weighted by Gasteiger charge is -2.02. The molecule has 0 fully saturated rings. The molecule has 0 atom stereocenters. The van der Waals surface area contributed by atoms with Crippen LogP contribution in [-0.4, -0.2) is 9.97 Å². The summed E-state index contributed by atoms with van der Waals surface area (Å²) in [4.78, 5) is 7.60. The molecule has 0 radical (unpaired) electrons. The fourth-order valence-electron chi connectivity index (χ4n) is 2.66. The molecular formula is C18H11N3. The third-order valence-electron chi connectivity index (χ3n) is 3.75. The maximum absolute atomic E-state index is 8.87. The van der Waals surface area contributed by atoms with Crippen molar-refractivity contribution >= 4 is 21.8 Å². The summed E-state index contributed by atoms with van der Waals surface area (Å²) in [6.45, 7) is 0. The third-order valence-corrected chi connectivity index (χ3v) is 3.75. The van der Waals surface area contributed by atoms with E-state index in [1.165, 1.54) is 5.39 Å². The number of nitrogens with zero attached hydrogens (tertiary/aromatic N) is 2. The summed E-state index contributed by atoms with van der Waals surface area (Å²) < 4.78 is 0. The van der Waals surface area contributed by atoms with Crippen molar-refractivity contribution in [3.8, 4) is 17.2 Å². The van der Waals surface area contributed by atoms with Crippen LogP contribution in [0.5, 0.6) is 0 Å². The van der Waals surface area contributed by atoms with E-state index < -0.39 is 0 Å². The smallest absolute Gasteiger partial charge is 0.0991 e. The molecule has 2 aromatic heterocycles. The average molecular weight is 269 g/mol. The van der Waals surface area contributed by atoms with Crippen LogP contribution >= 0.6 is 0 Å². The Morgan fingerprint density at radius 2 is 1.62 bits per heavy atom. The van der Waals surface area contributed by atoms with E-state index in [0.717, 1.165) is 27.5 Å². The lowest BCUT2D eigenvalue weighted by molar-refractivity contribution is 1.36. The minimum Gasteiger partial charge on any atom is -0.354 e. The van der Waals surface area contributed by atoms with Crippen molar-refractivity contribution in [3.05, 3.63) is 66.5 Å². The molecule has 3 heteroatoms. The van der Waals surface area contributed by atoms with Crippen molar-refractivity contribution in [2.75, 3.05) is 0 Å². The quantitative estimate of drug-likeness (QED) is 0.561. The molecule has 98 valence electrons. The van der Waals surface area contributed by atoms with Gasteiger partial charge in [-0.1, -0.05) is 18.2 Å². The van der Waals surface area contributed by atoms with Crippen LogP contribution in [0.15, 0.2) is 60.9 Å². The van der Waals surface area contributed by atoms with E-state index in [1.807, 2.05) is 36.5 Å². The number of benzene rings is 2. The molecular weight excluding hydrogens is 258 g/mol. The first-order valence-electron chi connectivity index (χ1n) is 6.71. The molecule has 0 amide bonds. The van der Waals surface area contributed by atoms with Gasteiger partial charge in [-0.3, -0.25) is 4.98 Å². The summed E-state index contributed by atoms with van der Waals surface area (Å²) in [6.07, 6.45) is 3.68. The molecule has 0 aliphatic rings. The van der Waals surface area contributed by atoms with Crippen molar-refractivity contribution in [1.82, 2.24) is 9.97 Å². The number of hydrogen-bond donors (Lipinski definition) is 1. The maximum atomic E-state index is 8.87. The first kappa shape index (κ1) is 11.7. The highest BCUT2D eigenvalue weighted by Crippen LogP contribution is 2.29. The lowest BCUT2D eigenvalue weighted by atomic mass is 10.0. The predicted molar refractivity (Wildman–Crippen MR) is 83.8 cm³/mol. The Labute approximate surface area is 121 Å². The first-order valence-corrected chi connectivity index (χ1v) is 6.71. The van der Waals surface area contributed by atoms with Crippen molar-refractivity contribution in [3.63, 3.8) is 0 Å². The number of hydrogen-bond acceptors (Lipinski definition) is 2. The van der Waals surface area contributed by atoms with E-state index in [0.29, 0.717) is 5.56 Å². The highest BCUT2D eigenvalue weighted by atomic mass is 14.7. The van der Waals surface area contributed by atoms with Gasteiger partial charge in [-0.25, -0.2) is 0 Å². The Morgan fingerprint density at radius 3 is 2.43 bits per heavy atom. The van der Waals surface area contributed by atoms with Crippen LogP contribution in [0.1, 0.15) is 5.56 Å². The zero-order chi connectivity index (χ0) is 14.2. The topological polar surface area (TPSA) is 52.5 Å². The van der Waals surface area contributed by atoms with Gasteiger partial charge in [-0.15, -0.1) is 0 Å². The number of H-pyrrole nitrogens is 1. The number of fused-ring (bicyclic) bond motifs is 3. The van der Waals surface area contributed by atoms with Gasteiger partial charge in [0.2, 0.25) is 0 Å². The van der Waals surface area contributed by atoms with Crippen molar-refractivity contribution < 1.29 is 0 Å². The van der Waals surface area contributed by atoms with Gasteiger partial charge in [0.05, 0.1) is 11.6 Å². The van der Waals surface area contributed by atoms with E-state index >= 15 is 0 Å². The van der Waals surface area contributed by atoms with E-state index in [9.17, 15) is 0 Å². The zero-order valence-corrected chi connectivity index (χ0v) is 11.2. The fraction of sp³-hybridized carbons (Fsp3) is 0. The summed E-state index contributed by atoms with van der Waals surface area (Å²) in [6, 6.07) is 18.1. The Bertz CT molecular complexity index is 989. The number of aromatic nitrogens is 2. The van der Waals surface area contributed by atoms with E-state index in [1.54, 1.807) is 6.20 Å². The van der Waals surface area contributed by atoms with E-state index in [4.69, 9.17) is 5.26 Å². The van der Waals surface area contributed by atoms with Crippen LogP contribution in [0.25, 0.3) is 32.9 Å². The summed E-state index contributed by atoms with van der Waals surface area (Å²) in [5.41, 5.74) is 5.12. The Hall–Kier alpha value is -3.12. The second kappa shape index (κ2) is 4.46. The second-order valence-corrected chi connectivity index (χ2v) is 5.00. The molecule has 0 saturated heterocycles. The number of rotatable bonds is 1. The van der Waals surface area contributed by atoms with Crippen LogP contribution in [0.4, 0.5) is 0 Å². The van der Waals surface area contributed by atoms with Crippen LogP contribution in [0.3, 0.4) is 0 Å². The lowest BCUT2D eigenvalue weighted by Crippen LogP contribution is -1.79. The summed E-state index contributed by atoms with van der Waals surface area (Å²) in [5, 5.41) is 11.2. The van der Waals surface area contributed by atoms with Crippen molar-refractivity contribution in [2.45, 2.75) is 0 Å². The molecule has 2 aromatic carbocycles.